The van der Waals surface area contributed by atoms with Crippen LogP contribution in [0.1, 0.15) is 29.9 Å². The summed E-state index contributed by atoms with van der Waals surface area (Å²) in [5.74, 6) is -0.949. The number of benzene rings is 1. The zero-order chi connectivity index (χ0) is 17.4. The van der Waals surface area contributed by atoms with E-state index in [4.69, 9.17) is 32.7 Å². The maximum atomic E-state index is 12.2. The second-order valence-electron chi connectivity index (χ2n) is 5.20. The molecule has 0 radical (unpaired) electrons. The normalized spacial score (nSPS) is 11.6. The third kappa shape index (κ3) is 3.46. The Morgan fingerprint density at radius 2 is 1.96 bits per heavy atom. The molecule has 0 saturated heterocycles. The van der Waals surface area contributed by atoms with Crippen molar-refractivity contribution < 1.29 is 19.1 Å². The van der Waals surface area contributed by atoms with Crippen molar-refractivity contribution in [3.05, 3.63) is 29.5 Å². The minimum atomic E-state index is -1.65. The van der Waals surface area contributed by atoms with Crippen LogP contribution in [0.5, 0.6) is 5.75 Å². The van der Waals surface area contributed by atoms with Crippen LogP contribution in [0.25, 0.3) is 10.9 Å². The number of hydrogen-bond donors (Lipinski definition) is 0. The van der Waals surface area contributed by atoms with Gasteiger partial charge in [0.1, 0.15) is 5.75 Å². The number of rotatable bonds is 4. The van der Waals surface area contributed by atoms with Crippen LogP contribution < -0.4 is 4.74 Å². The lowest BCUT2D eigenvalue weighted by Gasteiger charge is -2.12. The Morgan fingerprint density at radius 1 is 1.30 bits per heavy atom. The summed E-state index contributed by atoms with van der Waals surface area (Å²) in [5, 5.41) is 0.639. The molecule has 1 heterocycles. The summed E-state index contributed by atoms with van der Waals surface area (Å²) in [6, 6.07) is 4.98. The molecule has 2 aromatic rings. The summed E-state index contributed by atoms with van der Waals surface area (Å²) >= 11 is 11.4. The van der Waals surface area contributed by atoms with Crippen LogP contribution in [0.2, 0.25) is 0 Å². The quantitative estimate of drug-likeness (QED) is 0.474. The summed E-state index contributed by atoms with van der Waals surface area (Å²) in [6.45, 7) is 5.17. The molecule has 0 N–H and O–H groups in total. The lowest BCUT2D eigenvalue weighted by atomic mass is 10.1. The smallest absolute Gasteiger partial charge is 0.347 e. The third-order valence-corrected chi connectivity index (χ3v) is 3.82. The van der Waals surface area contributed by atoms with Gasteiger partial charge in [0.15, 0.2) is 0 Å². The molecular weight excluding hydrogens is 341 g/mol. The van der Waals surface area contributed by atoms with E-state index in [0.29, 0.717) is 10.9 Å². The molecule has 2 rings (SSSR count). The number of ether oxygens (including phenoxy) is 2. The first-order chi connectivity index (χ1) is 10.7. The molecule has 0 amide bonds. The number of hydrogen-bond acceptors (Lipinski definition) is 4. The summed E-state index contributed by atoms with van der Waals surface area (Å²) in [4.78, 5) is 24.0. The number of aromatic nitrogens is 1. The largest absolute Gasteiger partial charge is 0.462 e. The molecule has 0 aliphatic heterocycles. The fourth-order valence-corrected chi connectivity index (χ4v) is 2.35. The van der Waals surface area contributed by atoms with E-state index in [1.165, 1.54) is 6.92 Å². The molecule has 23 heavy (non-hydrogen) atoms. The summed E-state index contributed by atoms with van der Waals surface area (Å²) in [6.07, 6.45) is 0. The predicted molar refractivity (Wildman–Crippen MR) is 89.4 cm³/mol. The minimum Gasteiger partial charge on any atom is -0.462 e. The van der Waals surface area contributed by atoms with Gasteiger partial charge in [-0.05, 0) is 39.0 Å². The van der Waals surface area contributed by atoms with Crippen molar-refractivity contribution in [1.29, 1.82) is 0 Å². The summed E-state index contributed by atoms with van der Waals surface area (Å²) < 4.78 is 10.5. The van der Waals surface area contributed by atoms with Gasteiger partial charge in [0, 0.05) is 23.6 Å². The Labute approximate surface area is 144 Å². The molecule has 0 unspecified atom stereocenters. The first-order valence-corrected chi connectivity index (χ1v) is 7.78. The molecule has 0 fully saturated rings. The summed E-state index contributed by atoms with van der Waals surface area (Å²) in [5.41, 5.74) is 2.04. The fourth-order valence-electron chi connectivity index (χ4n) is 2.27. The van der Waals surface area contributed by atoms with Gasteiger partial charge in [-0.1, -0.05) is 23.2 Å². The second kappa shape index (κ2) is 6.42. The highest BCUT2D eigenvalue weighted by Gasteiger charge is 2.30. The molecule has 0 bridgehead atoms. The standard InChI is InChI=1S/C16H17Cl2NO4/c1-5-22-14(20)13-9(2)19(4)12-7-6-10(8-11(12)13)23-15(21)16(3,17)18/h6-8H,5H2,1-4H3. The highest BCUT2D eigenvalue weighted by molar-refractivity contribution is 6.57. The Kier molecular flexibility index (Phi) is 4.92. The van der Waals surface area contributed by atoms with Crippen molar-refractivity contribution >= 4 is 46.0 Å². The van der Waals surface area contributed by atoms with Gasteiger partial charge >= 0.3 is 11.9 Å². The average Bonchev–Trinajstić information content (AvgIpc) is 2.70. The molecule has 0 aliphatic rings. The van der Waals surface area contributed by atoms with Gasteiger partial charge in [-0.25, -0.2) is 9.59 Å². The van der Waals surface area contributed by atoms with Crippen LogP contribution in [0, 0.1) is 6.92 Å². The van der Waals surface area contributed by atoms with Crippen LogP contribution in [0.4, 0.5) is 0 Å². The number of nitrogens with zero attached hydrogens (tertiary/aromatic N) is 1. The molecule has 0 saturated carbocycles. The molecule has 124 valence electrons. The van der Waals surface area contributed by atoms with Crippen molar-refractivity contribution in [2.24, 2.45) is 7.05 Å². The van der Waals surface area contributed by atoms with Gasteiger partial charge in [-0.3, -0.25) is 0 Å². The number of carbonyl (C=O) groups excluding carboxylic acids is 2. The van der Waals surface area contributed by atoms with Crippen molar-refractivity contribution in [3.8, 4) is 5.75 Å². The first-order valence-electron chi connectivity index (χ1n) is 7.03. The lowest BCUT2D eigenvalue weighted by Crippen LogP contribution is -2.27. The van der Waals surface area contributed by atoms with Crippen molar-refractivity contribution in [2.75, 3.05) is 6.61 Å². The van der Waals surface area contributed by atoms with Crippen LogP contribution in [-0.4, -0.2) is 27.4 Å². The predicted octanol–water partition coefficient (Wildman–Crippen LogP) is 3.76. The van der Waals surface area contributed by atoms with Crippen LogP contribution in [0.3, 0.4) is 0 Å². The maximum Gasteiger partial charge on any atom is 0.347 e. The van der Waals surface area contributed by atoms with Crippen molar-refractivity contribution in [2.45, 2.75) is 25.1 Å². The Balaban J connectivity index is 2.51. The zero-order valence-corrected chi connectivity index (χ0v) is 14.8. The minimum absolute atomic E-state index is 0.256. The number of carbonyl (C=O) groups is 2. The second-order valence-corrected chi connectivity index (χ2v) is 6.90. The molecule has 7 heteroatoms. The van der Waals surface area contributed by atoms with E-state index in [0.717, 1.165) is 11.2 Å². The van der Waals surface area contributed by atoms with Crippen molar-refractivity contribution in [3.63, 3.8) is 0 Å². The average molecular weight is 358 g/mol. The van der Waals surface area contributed by atoms with Crippen LogP contribution >= 0.6 is 23.2 Å². The topological polar surface area (TPSA) is 57.5 Å². The number of halogens is 2. The molecule has 0 spiro atoms. The van der Waals surface area contributed by atoms with Gasteiger partial charge in [0.05, 0.1) is 12.2 Å². The lowest BCUT2D eigenvalue weighted by molar-refractivity contribution is -0.134. The number of esters is 2. The highest BCUT2D eigenvalue weighted by Crippen LogP contribution is 2.30. The first kappa shape index (κ1) is 17.6. The zero-order valence-electron chi connectivity index (χ0n) is 13.3. The Hall–Kier alpha value is -1.72. The Morgan fingerprint density at radius 3 is 2.52 bits per heavy atom. The van der Waals surface area contributed by atoms with Crippen LogP contribution in [-0.2, 0) is 16.6 Å². The fraction of sp³-hybridized carbons (Fsp3) is 0.375. The number of fused-ring (bicyclic) bond motifs is 1. The van der Waals surface area contributed by atoms with E-state index < -0.39 is 16.3 Å². The van der Waals surface area contributed by atoms with E-state index in [9.17, 15) is 9.59 Å². The highest BCUT2D eigenvalue weighted by atomic mass is 35.5. The van der Waals surface area contributed by atoms with Gasteiger partial charge in [0.25, 0.3) is 0 Å². The van der Waals surface area contributed by atoms with Gasteiger partial charge in [0.2, 0.25) is 4.33 Å². The van der Waals surface area contributed by atoms with E-state index >= 15 is 0 Å². The van der Waals surface area contributed by atoms with Crippen molar-refractivity contribution in [1.82, 2.24) is 4.57 Å². The van der Waals surface area contributed by atoms with Crippen LogP contribution in [0.15, 0.2) is 18.2 Å². The van der Waals surface area contributed by atoms with Gasteiger partial charge in [-0.15, -0.1) is 0 Å². The van der Waals surface area contributed by atoms with Gasteiger partial charge in [-0.2, -0.15) is 0 Å². The third-order valence-electron chi connectivity index (χ3n) is 3.51. The van der Waals surface area contributed by atoms with E-state index in [1.54, 1.807) is 25.1 Å². The molecular formula is C16H17Cl2NO4. The van der Waals surface area contributed by atoms with E-state index in [2.05, 4.69) is 0 Å². The molecule has 1 aromatic carbocycles. The SMILES string of the molecule is CCOC(=O)c1c(C)n(C)c2ccc(OC(=O)C(C)(Cl)Cl)cc12. The van der Waals surface area contributed by atoms with Gasteiger partial charge < -0.3 is 14.0 Å². The molecule has 1 aromatic heterocycles. The van der Waals surface area contributed by atoms with E-state index in [1.807, 2.05) is 18.5 Å². The molecule has 5 nitrogen and oxygen atoms in total. The molecule has 0 atom stereocenters. The Bertz CT molecular complexity index is 774. The monoisotopic (exact) mass is 357 g/mol. The number of alkyl halides is 2. The summed E-state index contributed by atoms with van der Waals surface area (Å²) in [7, 11) is 1.85. The number of aryl methyl sites for hydroxylation is 1. The van der Waals surface area contributed by atoms with E-state index in [-0.39, 0.29) is 12.4 Å². The maximum absolute atomic E-state index is 12.2. The molecule has 0 aliphatic carbocycles.